The number of amides is 2. The van der Waals surface area contributed by atoms with Crippen LogP contribution in [0.4, 0.5) is 4.79 Å². The Morgan fingerprint density at radius 2 is 1.93 bits per heavy atom. The first-order valence-corrected chi connectivity index (χ1v) is 11.4. The third kappa shape index (κ3) is 5.47. The molecule has 2 amide bonds. The molecule has 7 heteroatoms. The van der Waals surface area contributed by atoms with E-state index in [2.05, 4.69) is 34.7 Å². The molecule has 0 spiro atoms. The lowest BCUT2D eigenvalue weighted by Gasteiger charge is -2.37. The Labute approximate surface area is 172 Å². The Kier molecular flexibility index (Phi) is 7.73. The molecule has 3 rings (SSSR count). The third-order valence-electron chi connectivity index (χ3n) is 5.99. The maximum Gasteiger partial charge on any atom is 0.409 e. The number of thiophene rings is 1. The zero-order valence-electron chi connectivity index (χ0n) is 17.1. The molecule has 2 fully saturated rings. The van der Waals surface area contributed by atoms with Crippen molar-refractivity contribution in [2.75, 3.05) is 39.3 Å². The number of rotatable bonds is 6. The summed E-state index contributed by atoms with van der Waals surface area (Å²) in [5.41, 5.74) is 0. The molecule has 6 nitrogen and oxygen atoms in total. The number of ether oxygens (including phenoxy) is 1. The van der Waals surface area contributed by atoms with Gasteiger partial charge >= 0.3 is 6.09 Å². The van der Waals surface area contributed by atoms with Crippen LogP contribution in [0.3, 0.4) is 0 Å². The minimum atomic E-state index is -0.265. The van der Waals surface area contributed by atoms with E-state index in [1.807, 2.05) is 6.92 Å². The highest BCUT2D eigenvalue weighted by molar-refractivity contribution is 7.10. The lowest BCUT2D eigenvalue weighted by Crippen LogP contribution is -2.46. The molecule has 1 N–H and O–H groups in total. The van der Waals surface area contributed by atoms with Gasteiger partial charge in [0.05, 0.1) is 12.6 Å². The first kappa shape index (κ1) is 21.1. The average molecular weight is 408 g/mol. The minimum Gasteiger partial charge on any atom is -0.450 e. The van der Waals surface area contributed by atoms with Crippen LogP contribution >= 0.6 is 11.3 Å². The van der Waals surface area contributed by atoms with Crippen LogP contribution in [-0.4, -0.2) is 61.1 Å². The number of carbonyl (C=O) groups is 2. The fourth-order valence-corrected chi connectivity index (χ4v) is 4.97. The van der Waals surface area contributed by atoms with Crippen LogP contribution in [-0.2, 0) is 9.53 Å². The summed E-state index contributed by atoms with van der Waals surface area (Å²) in [6.45, 7) is 8.55. The molecule has 28 heavy (non-hydrogen) atoms. The molecule has 2 aliphatic rings. The summed E-state index contributed by atoms with van der Waals surface area (Å²) in [7, 11) is 0. The van der Waals surface area contributed by atoms with E-state index in [0.717, 1.165) is 19.0 Å². The van der Waals surface area contributed by atoms with Crippen molar-refractivity contribution in [3.8, 4) is 0 Å². The second-order valence-electron chi connectivity index (χ2n) is 7.96. The summed E-state index contributed by atoms with van der Waals surface area (Å²) in [5.74, 6) is 0.894. The van der Waals surface area contributed by atoms with Gasteiger partial charge < -0.3 is 15.0 Å². The van der Waals surface area contributed by atoms with Crippen molar-refractivity contribution < 1.29 is 14.3 Å². The van der Waals surface area contributed by atoms with Crippen LogP contribution in [0.25, 0.3) is 0 Å². The minimum absolute atomic E-state index is 0.0176. The summed E-state index contributed by atoms with van der Waals surface area (Å²) < 4.78 is 5.05. The number of likely N-dealkylation sites (tertiary alicyclic amines) is 2. The van der Waals surface area contributed by atoms with E-state index in [0.29, 0.717) is 39.1 Å². The van der Waals surface area contributed by atoms with Crippen LogP contribution in [0, 0.1) is 11.8 Å². The maximum absolute atomic E-state index is 12.7. The second kappa shape index (κ2) is 10.3. The number of carbonyl (C=O) groups excluding carboxylic acids is 2. The summed E-state index contributed by atoms with van der Waals surface area (Å²) >= 11 is 1.77. The van der Waals surface area contributed by atoms with Crippen molar-refractivity contribution in [3.05, 3.63) is 22.4 Å². The lowest BCUT2D eigenvalue weighted by molar-refractivity contribution is -0.126. The van der Waals surface area contributed by atoms with Gasteiger partial charge in [-0.25, -0.2) is 4.79 Å². The van der Waals surface area contributed by atoms with Gasteiger partial charge in [-0.15, -0.1) is 11.3 Å². The zero-order valence-corrected chi connectivity index (χ0v) is 17.9. The van der Waals surface area contributed by atoms with Crippen LogP contribution in [0.5, 0.6) is 0 Å². The van der Waals surface area contributed by atoms with Gasteiger partial charge in [-0.1, -0.05) is 13.0 Å². The molecular formula is C21H33N3O3S. The van der Waals surface area contributed by atoms with Gasteiger partial charge in [0.15, 0.2) is 0 Å². The van der Waals surface area contributed by atoms with Crippen molar-refractivity contribution in [2.24, 2.45) is 11.8 Å². The molecule has 0 bridgehead atoms. The summed E-state index contributed by atoms with van der Waals surface area (Å²) in [5, 5.41) is 5.32. The van der Waals surface area contributed by atoms with Crippen molar-refractivity contribution in [1.82, 2.24) is 15.1 Å². The normalized spacial score (nSPS) is 20.7. The average Bonchev–Trinajstić information content (AvgIpc) is 3.24. The smallest absolute Gasteiger partial charge is 0.409 e. The van der Waals surface area contributed by atoms with Gasteiger partial charge in [-0.2, -0.15) is 0 Å². The second-order valence-corrected chi connectivity index (χ2v) is 8.93. The predicted molar refractivity (Wildman–Crippen MR) is 111 cm³/mol. The molecule has 0 radical (unpaired) electrons. The van der Waals surface area contributed by atoms with Gasteiger partial charge in [0.1, 0.15) is 0 Å². The van der Waals surface area contributed by atoms with Crippen molar-refractivity contribution >= 4 is 23.3 Å². The molecule has 0 saturated carbocycles. The summed E-state index contributed by atoms with van der Waals surface area (Å²) in [6, 6.07) is 4.53. The van der Waals surface area contributed by atoms with Crippen LogP contribution in [0.2, 0.25) is 0 Å². The molecular weight excluding hydrogens is 374 g/mol. The Balaban J connectivity index is 1.51. The van der Waals surface area contributed by atoms with Crippen molar-refractivity contribution in [2.45, 2.75) is 45.6 Å². The van der Waals surface area contributed by atoms with Gasteiger partial charge in [0.25, 0.3) is 0 Å². The highest BCUT2D eigenvalue weighted by Crippen LogP contribution is 2.29. The number of piperidine rings is 2. The Hall–Kier alpha value is -1.60. The number of hydrogen-bond donors (Lipinski definition) is 1. The van der Waals surface area contributed by atoms with Crippen molar-refractivity contribution in [3.63, 3.8) is 0 Å². The zero-order chi connectivity index (χ0) is 19.9. The first-order valence-electron chi connectivity index (χ1n) is 10.5. The topological polar surface area (TPSA) is 61.9 Å². The largest absolute Gasteiger partial charge is 0.450 e. The Morgan fingerprint density at radius 3 is 2.54 bits per heavy atom. The van der Waals surface area contributed by atoms with E-state index in [1.54, 1.807) is 16.2 Å². The Morgan fingerprint density at radius 1 is 1.21 bits per heavy atom. The maximum atomic E-state index is 12.7. The fraction of sp³-hybridized carbons (Fsp3) is 0.714. The summed E-state index contributed by atoms with van der Waals surface area (Å²) in [6.07, 6.45) is 3.59. The molecule has 156 valence electrons. The predicted octanol–water partition coefficient (Wildman–Crippen LogP) is 3.51. The van der Waals surface area contributed by atoms with Gasteiger partial charge in [0.2, 0.25) is 5.91 Å². The fourth-order valence-electron chi connectivity index (χ4n) is 4.11. The first-order chi connectivity index (χ1) is 13.6. The number of nitrogens with zero attached hydrogens (tertiary/aromatic N) is 2. The van der Waals surface area contributed by atoms with E-state index < -0.39 is 0 Å². The van der Waals surface area contributed by atoms with E-state index in [9.17, 15) is 9.59 Å². The SMILES string of the molecule is CCOC(=O)N1CCC(C(=O)NCC(c2cccs2)N2CCC(C)CC2)CC1. The third-order valence-corrected chi connectivity index (χ3v) is 6.97. The monoisotopic (exact) mass is 407 g/mol. The molecule has 2 saturated heterocycles. The molecule has 3 heterocycles. The molecule has 1 unspecified atom stereocenters. The highest BCUT2D eigenvalue weighted by atomic mass is 32.1. The molecule has 1 aromatic rings. The molecule has 1 aromatic heterocycles. The molecule has 0 aliphatic carbocycles. The van der Waals surface area contributed by atoms with E-state index >= 15 is 0 Å². The standard InChI is InChI=1S/C21H33N3O3S/c1-3-27-21(26)24-12-8-17(9-13-24)20(25)22-15-18(19-5-4-14-28-19)23-10-6-16(2)7-11-23/h4-5,14,16-18H,3,6-13,15H2,1-2H3,(H,22,25). The summed E-state index contributed by atoms with van der Waals surface area (Å²) in [4.78, 5) is 30.1. The molecule has 1 atom stereocenters. The molecule has 0 aromatic carbocycles. The van der Waals surface area contributed by atoms with Crippen molar-refractivity contribution in [1.29, 1.82) is 0 Å². The highest BCUT2D eigenvalue weighted by Gasteiger charge is 2.30. The lowest BCUT2D eigenvalue weighted by atomic mass is 9.95. The van der Waals surface area contributed by atoms with Crippen LogP contribution in [0.15, 0.2) is 17.5 Å². The quantitative estimate of drug-likeness (QED) is 0.784. The van der Waals surface area contributed by atoms with Gasteiger partial charge in [-0.05, 0) is 63.1 Å². The van der Waals surface area contributed by atoms with Crippen LogP contribution < -0.4 is 5.32 Å². The van der Waals surface area contributed by atoms with E-state index in [4.69, 9.17) is 4.74 Å². The van der Waals surface area contributed by atoms with E-state index in [-0.39, 0.29) is 24.0 Å². The Bertz CT molecular complexity index is 621. The van der Waals surface area contributed by atoms with Gasteiger partial charge in [-0.3, -0.25) is 9.69 Å². The molecule has 2 aliphatic heterocycles. The van der Waals surface area contributed by atoms with E-state index in [1.165, 1.54) is 17.7 Å². The number of hydrogen-bond acceptors (Lipinski definition) is 5. The van der Waals surface area contributed by atoms with Crippen LogP contribution in [0.1, 0.15) is 50.4 Å². The number of nitrogens with one attached hydrogen (secondary N) is 1. The van der Waals surface area contributed by atoms with Gasteiger partial charge in [0, 0.05) is 30.4 Å².